The van der Waals surface area contributed by atoms with Crippen molar-refractivity contribution >= 4 is 11.8 Å². The first-order chi connectivity index (χ1) is 12.5. The van der Waals surface area contributed by atoms with E-state index >= 15 is 0 Å². The third-order valence-electron chi connectivity index (χ3n) is 4.69. The molecule has 1 fully saturated rings. The molecule has 2 amide bonds. The Kier molecular flexibility index (Phi) is 5.22. The number of nitrogens with one attached hydrogen (secondary N) is 1. The molecule has 1 aromatic heterocycles. The van der Waals surface area contributed by atoms with Crippen LogP contribution in [-0.4, -0.2) is 64.6 Å². The molecule has 1 saturated heterocycles. The quantitative estimate of drug-likeness (QED) is 0.815. The molecule has 1 aliphatic rings. The van der Waals surface area contributed by atoms with E-state index in [4.69, 9.17) is 10.5 Å². The van der Waals surface area contributed by atoms with Crippen molar-refractivity contribution in [2.45, 2.75) is 19.5 Å². The first-order valence-corrected chi connectivity index (χ1v) is 8.45. The van der Waals surface area contributed by atoms with Crippen LogP contribution in [0.15, 0.2) is 30.5 Å². The molecule has 0 radical (unpaired) electrons. The smallest absolute Gasteiger partial charge is 0.241 e. The van der Waals surface area contributed by atoms with Crippen molar-refractivity contribution < 1.29 is 14.3 Å². The lowest BCUT2D eigenvalue weighted by Crippen LogP contribution is -2.59. The van der Waals surface area contributed by atoms with Crippen LogP contribution in [0.4, 0.5) is 0 Å². The number of nitrogens with zero attached hydrogens (tertiary/aromatic N) is 3. The van der Waals surface area contributed by atoms with E-state index in [9.17, 15) is 9.59 Å². The predicted octanol–water partition coefficient (Wildman–Crippen LogP) is 0.603. The second kappa shape index (κ2) is 7.57. The standard InChI is InChI=1S/C18H23N5O3/c1-12(24)23-8-7-22(11-16(23)18(19)25)10-14-9-20-21-17(14)13-3-5-15(26-2)6-4-13/h3-6,9,16H,7-8,10-11H2,1-2H3,(H2,19,25)(H,20,21). The van der Waals surface area contributed by atoms with Gasteiger partial charge in [-0.1, -0.05) is 0 Å². The second-order valence-electron chi connectivity index (χ2n) is 6.36. The van der Waals surface area contributed by atoms with Crippen LogP contribution >= 0.6 is 0 Å². The van der Waals surface area contributed by atoms with Crippen LogP contribution in [0.3, 0.4) is 0 Å². The lowest BCUT2D eigenvalue weighted by Gasteiger charge is -2.39. The van der Waals surface area contributed by atoms with Gasteiger partial charge in [-0.2, -0.15) is 5.10 Å². The highest BCUT2D eigenvalue weighted by atomic mass is 16.5. The molecule has 8 nitrogen and oxygen atoms in total. The predicted molar refractivity (Wildman–Crippen MR) is 96.2 cm³/mol. The summed E-state index contributed by atoms with van der Waals surface area (Å²) in [6.07, 6.45) is 1.79. The maximum atomic E-state index is 11.7. The van der Waals surface area contributed by atoms with Gasteiger partial charge in [-0.3, -0.25) is 19.6 Å². The van der Waals surface area contributed by atoms with Crippen LogP contribution in [0, 0.1) is 0 Å². The summed E-state index contributed by atoms with van der Waals surface area (Å²) < 4.78 is 5.19. The third-order valence-corrected chi connectivity index (χ3v) is 4.69. The largest absolute Gasteiger partial charge is 0.497 e. The molecule has 2 aromatic rings. The maximum absolute atomic E-state index is 11.7. The number of carbonyl (C=O) groups excluding carboxylic acids is 2. The zero-order valence-electron chi connectivity index (χ0n) is 14.9. The normalized spacial score (nSPS) is 17.9. The number of aromatic nitrogens is 2. The summed E-state index contributed by atoms with van der Waals surface area (Å²) in [4.78, 5) is 27.1. The maximum Gasteiger partial charge on any atom is 0.241 e. The fourth-order valence-electron chi connectivity index (χ4n) is 3.28. The zero-order chi connectivity index (χ0) is 18.7. The van der Waals surface area contributed by atoms with Crippen LogP contribution in [0.2, 0.25) is 0 Å². The monoisotopic (exact) mass is 357 g/mol. The SMILES string of the molecule is COc1ccc(-c2[nH]ncc2CN2CCN(C(C)=O)C(C(N)=O)C2)cc1. The number of methoxy groups -OCH3 is 1. The van der Waals surface area contributed by atoms with E-state index in [0.29, 0.717) is 26.2 Å². The van der Waals surface area contributed by atoms with Gasteiger partial charge in [0, 0.05) is 44.2 Å². The summed E-state index contributed by atoms with van der Waals surface area (Å²) in [6.45, 7) is 3.66. The Morgan fingerprint density at radius 2 is 2.04 bits per heavy atom. The van der Waals surface area contributed by atoms with Gasteiger partial charge in [0.05, 0.1) is 19.0 Å². The molecular formula is C18H23N5O3. The highest BCUT2D eigenvalue weighted by Gasteiger charge is 2.32. The minimum Gasteiger partial charge on any atom is -0.497 e. The highest BCUT2D eigenvalue weighted by Crippen LogP contribution is 2.25. The number of H-pyrrole nitrogens is 1. The minimum atomic E-state index is -0.599. The zero-order valence-corrected chi connectivity index (χ0v) is 14.9. The summed E-state index contributed by atoms with van der Waals surface area (Å²) in [5.41, 5.74) is 8.45. The van der Waals surface area contributed by atoms with Crippen molar-refractivity contribution in [1.82, 2.24) is 20.0 Å². The van der Waals surface area contributed by atoms with E-state index in [0.717, 1.165) is 22.6 Å². The van der Waals surface area contributed by atoms with Crippen molar-refractivity contribution in [3.63, 3.8) is 0 Å². The number of aromatic amines is 1. The number of amides is 2. The molecule has 1 atom stereocenters. The number of piperazine rings is 1. The van der Waals surface area contributed by atoms with E-state index in [1.165, 1.54) is 6.92 Å². The van der Waals surface area contributed by atoms with E-state index < -0.39 is 11.9 Å². The van der Waals surface area contributed by atoms with Gasteiger partial charge < -0.3 is 15.4 Å². The van der Waals surface area contributed by atoms with Crippen molar-refractivity contribution in [2.75, 3.05) is 26.7 Å². The van der Waals surface area contributed by atoms with E-state index in [-0.39, 0.29) is 5.91 Å². The molecule has 1 aromatic carbocycles. The van der Waals surface area contributed by atoms with Crippen LogP contribution in [-0.2, 0) is 16.1 Å². The Bertz CT molecular complexity index is 786. The molecule has 0 spiro atoms. The third kappa shape index (κ3) is 3.70. The number of primary amides is 1. The van der Waals surface area contributed by atoms with Crippen LogP contribution in [0.25, 0.3) is 11.3 Å². The Hall–Kier alpha value is -2.87. The molecule has 138 valence electrons. The fourth-order valence-corrected chi connectivity index (χ4v) is 3.28. The van der Waals surface area contributed by atoms with Crippen molar-refractivity contribution in [3.8, 4) is 17.0 Å². The van der Waals surface area contributed by atoms with Crippen molar-refractivity contribution in [2.24, 2.45) is 5.73 Å². The van der Waals surface area contributed by atoms with E-state index in [1.807, 2.05) is 24.3 Å². The number of hydrogen-bond donors (Lipinski definition) is 2. The molecule has 2 heterocycles. The summed E-state index contributed by atoms with van der Waals surface area (Å²) in [7, 11) is 1.63. The van der Waals surface area contributed by atoms with Crippen LogP contribution < -0.4 is 10.5 Å². The number of benzene rings is 1. The topological polar surface area (TPSA) is 105 Å². The number of hydrogen-bond acceptors (Lipinski definition) is 5. The number of carbonyl (C=O) groups is 2. The van der Waals surface area contributed by atoms with E-state index in [2.05, 4.69) is 15.1 Å². The Morgan fingerprint density at radius 3 is 2.65 bits per heavy atom. The molecule has 3 N–H and O–H groups in total. The summed E-state index contributed by atoms with van der Waals surface area (Å²) >= 11 is 0. The highest BCUT2D eigenvalue weighted by molar-refractivity contribution is 5.86. The fraction of sp³-hybridized carbons (Fsp3) is 0.389. The molecule has 0 saturated carbocycles. The van der Waals surface area contributed by atoms with Gasteiger partial charge in [0.1, 0.15) is 11.8 Å². The summed E-state index contributed by atoms with van der Waals surface area (Å²) in [5.74, 6) is 0.183. The van der Waals surface area contributed by atoms with Gasteiger partial charge in [0.15, 0.2) is 0 Å². The molecule has 3 rings (SSSR count). The second-order valence-corrected chi connectivity index (χ2v) is 6.36. The Labute approximate surface area is 151 Å². The first kappa shape index (κ1) is 17.9. The molecular weight excluding hydrogens is 334 g/mol. The average molecular weight is 357 g/mol. The molecule has 1 aliphatic heterocycles. The first-order valence-electron chi connectivity index (χ1n) is 8.45. The Balaban J connectivity index is 1.75. The minimum absolute atomic E-state index is 0.129. The lowest BCUT2D eigenvalue weighted by atomic mass is 10.1. The average Bonchev–Trinajstić information content (AvgIpc) is 3.09. The Morgan fingerprint density at radius 1 is 1.31 bits per heavy atom. The van der Waals surface area contributed by atoms with Gasteiger partial charge in [-0.25, -0.2) is 0 Å². The van der Waals surface area contributed by atoms with Crippen LogP contribution in [0.1, 0.15) is 12.5 Å². The van der Waals surface area contributed by atoms with Crippen LogP contribution in [0.5, 0.6) is 5.75 Å². The summed E-state index contributed by atoms with van der Waals surface area (Å²) in [6, 6.07) is 7.13. The van der Waals surface area contributed by atoms with Crippen molar-refractivity contribution in [3.05, 3.63) is 36.0 Å². The van der Waals surface area contributed by atoms with Crippen molar-refractivity contribution in [1.29, 1.82) is 0 Å². The molecule has 1 unspecified atom stereocenters. The van der Waals surface area contributed by atoms with E-state index in [1.54, 1.807) is 18.2 Å². The number of rotatable bonds is 5. The molecule has 0 aliphatic carbocycles. The lowest BCUT2D eigenvalue weighted by molar-refractivity contribution is -0.141. The van der Waals surface area contributed by atoms with Gasteiger partial charge in [-0.05, 0) is 24.3 Å². The number of nitrogens with two attached hydrogens (primary N) is 1. The molecule has 26 heavy (non-hydrogen) atoms. The molecule has 8 heteroatoms. The van der Waals surface area contributed by atoms with Gasteiger partial charge in [-0.15, -0.1) is 0 Å². The molecule has 0 bridgehead atoms. The van der Waals surface area contributed by atoms with Gasteiger partial charge in [0.25, 0.3) is 0 Å². The summed E-state index contributed by atoms with van der Waals surface area (Å²) in [5, 5.41) is 7.20. The number of ether oxygens (including phenoxy) is 1. The van der Waals surface area contributed by atoms with Gasteiger partial charge >= 0.3 is 0 Å². The van der Waals surface area contributed by atoms with Gasteiger partial charge in [0.2, 0.25) is 11.8 Å².